The van der Waals surface area contributed by atoms with Gasteiger partial charge in [-0.15, -0.1) is 0 Å². The fourth-order valence-electron chi connectivity index (χ4n) is 2.57. The van der Waals surface area contributed by atoms with Gasteiger partial charge in [0.2, 0.25) is 5.91 Å². The van der Waals surface area contributed by atoms with Gasteiger partial charge in [0.1, 0.15) is 16.4 Å². The highest BCUT2D eigenvalue weighted by Gasteiger charge is 2.33. The number of ether oxygens (including phenoxy) is 4. The fourth-order valence-corrected chi connectivity index (χ4v) is 3.60. The molecule has 10 heteroatoms. The molecular weight excluding hydrogens is 438 g/mol. The van der Waals surface area contributed by atoms with Gasteiger partial charge in [-0.3, -0.25) is 4.79 Å². The van der Waals surface area contributed by atoms with Crippen molar-refractivity contribution >= 4 is 40.7 Å². The van der Waals surface area contributed by atoms with Crippen molar-refractivity contribution < 1.29 is 38.4 Å². The smallest absolute Gasteiger partial charge is 0.344 e. The predicted molar refractivity (Wildman–Crippen MR) is 120 cm³/mol. The van der Waals surface area contributed by atoms with Crippen LogP contribution in [-0.2, 0) is 23.9 Å². The molecule has 1 N–H and O–H groups in total. The van der Waals surface area contributed by atoms with Crippen LogP contribution < -0.4 is 9.47 Å². The molecule has 0 saturated heterocycles. The number of hydrogen-bond donors (Lipinski definition) is 1. The van der Waals surface area contributed by atoms with Crippen LogP contribution in [0.2, 0.25) is 0 Å². The summed E-state index contributed by atoms with van der Waals surface area (Å²) >= 11 is 0.989. The number of amides is 1. The molecule has 172 valence electrons. The Bertz CT molecular complexity index is 980. The zero-order chi connectivity index (χ0) is 23.7. The van der Waals surface area contributed by atoms with Gasteiger partial charge in [-0.1, -0.05) is 24.8 Å². The summed E-state index contributed by atoms with van der Waals surface area (Å²) in [5.74, 6) is -1.31. The molecule has 9 nitrogen and oxygen atoms in total. The summed E-state index contributed by atoms with van der Waals surface area (Å²) in [4.78, 5) is 39.8. The minimum absolute atomic E-state index is 0.0837. The quantitative estimate of drug-likeness (QED) is 0.549. The Balaban J connectivity index is 2.35. The first-order valence-corrected chi connectivity index (χ1v) is 10.7. The average molecular weight is 464 g/mol. The van der Waals surface area contributed by atoms with Crippen LogP contribution in [0.1, 0.15) is 32.8 Å². The van der Waals surface area contributed by atoms with E-state index in [1.54, 1.807) is 45.0 Å². The maximum Gasteiger partial charge on any atom is 0.344 e. The minimum atomic E-state index is -0.760. The van der Waals surface area contributed by atoms with Crippen molar-refractivity contribution in [1.29, 1.82) is 0 Å². The highest BCUT2D eigenvalue weighted by Crippen LogP contribution is 2.40. The Labute approximate surface area is 190 Å². The molecule has 1 aromatic rings. The second-order valence-electron chi connectivity index (χ2n) is 6.22. The molecule has 0 aromatic heterocycles. The fraction of sp³-hybridized carbons (Fsp3) is 0.364. The molecule has 32 heavy (non-hydrogen) atoms. The van der Waals surface area contributed by atoms with Crippen LogP contribution in [0.15, 0.2) is 39.4 Å². The lowest BCUT2D eigenvalue weighted by molar-refractivity contribution is -0.145. The number of aliphatic hydroxyl groups excluding tert-OH is 1. The van der Waals surface area contributed by atoms with E-state index >= 15 is 0 Å². The van der Waals surface area contributed by atoms with Gasteiger partial charge in [0.15, 0.2) is 18.1 Å². The number of aliphatic hydroxyl groups is 1. The Morgan fingerprint density at radius 3 is 2.44 bits per heavy atom. The zero-order valence-corrected chi connectivity index (χ0v) is 19.1. The van der Waals surface area contributed by atoms with E-state index in [4.69, 9.17) is 18.9 Å². The van der Waals surface area contributed by atoms with E-state index in [1.165, 1.54) is 7.11 Å². The van der Waals surface area contributed by atoms with Crippen molar-refractivity contribution in [3.63, 3.8) is 0 Å². The van der Waals surface area contributed by atoms with Gasteiger partial charge in [-0.25, -0.2) is 14.6 Å². The molecule has 0 fully saturated rings. The highest BCUT2D eigenvalue weighted by atomic mass is 32.2. The van der Waals surface area contributed by atoms with Crippen LogP contribution in [0.4, 0.5) is 0 Å². The third-order valence-corrected chi connectivity index (χ3v) is 5.06. The summed E-state index contributed by atoms with van der Waals surface area (Å²) in [6.07, 6.45) is 1.76. The number of rotatable bonds is 9. The van der Waals surface area contributed by atoms with Crippen LogP contribution in [0.3, 0.4) is 0 Å². The van der Waals surface area contributed by atoms with Crippen LogP contribution in [-0.4, -0.2) is 54.9 Å². The molecule has 1 heterocycles. The van der Waals surface area contributed by atoms with Gasteiger partial charge >= 0.3 is 11.9 Å². The summed E-state index contributed by atoms with van der Waals surface area (Å²) in [6, 6.07) is 4.92. The maximum absolute atomic E-state index is 12.3. The monoisotopic (exact) mass is 463 g/mol. The van der Waals surface area contributed by atoms with E-state index in [0.29, 0.717) is 22.0 Å². The largest absolute Gasteiger partial charge is 0.506 e. The number of thioether (sulfide) groups is 1. The van der Waals surface area contributed by atoms with Crippen LogP contribution in [0.25, 0.3) is 6.08 Å². The topological polar surface area (TPSA) is 121 Å². The average Bonchev–Trinajstić information content (AvgIpc) is 3.07. The maximum atomic E-state index is 12.3. The predicted octanol–water partition coefficient (Wildman–Crippen LogP) is 3.44. The lowest BCUT2D eigenvalue weighted by atomic mass is 10.1. The Morgan fingerprint density at radius 2 is 1.81 bits per heavy atom. The van der Waals surface area contributed by atoms with E-state index in [0.717, 1.165) is 11.8 Å². The van der Waals surface area contributed by atoms with Crippen molar-refractivity contribution in [2.24, 2.45) is 4.99 Å². The van der Waals surface area contributed by atoms with Crippen LogP contribution in [0.5, 0.6) is 11.5 Å². The summed E-state index contributed by atoms with van der Waals surface area (Å²) < 4.78 is 20.6. The van der Waals surface area contributed by atoms with Gasteiger partial charge in [0.25, 0.3) is 0 Å². The number of hydrogen-bond acceptors (Lipinski definition) is 9. The standard InChI is InChI=1S/C22H25NO8S/c1-5-17(24)23-21-19(22(27)30-7-3)20(26)16(32-21)11-13-8-9-14(15(10-13)28-4)31-12-18(25)29-6-2/h8-11,26H,5-7,12H2,1-4H3/b16-11-,23-21?. The molecule has 1 aliphatic rings. The van der Waals surface area contributed by atoms with Crippen molar-refractivity contribution in [2.75, 3.05) is 26.9 Å². The Hall–Kier alpha value is -3.27. The first-order valence-electron chi connectivity index (χ1n) is 9.93. The van der Waals surface area contributed by atoms with Gasteiger partial charge < -0.3 is 24.1 Å². The van der Waals surface area contributed by atoms with Gasteiger partial charge in [-0.05, 0) is 37.6 Å². The number of carbonyl (C=O) groups excluding carboxylic acids is 3. The third-order valence-electron chi connectivity index (χ3n) is 4.04. The Morgan fingerprint density at radius 1 is 1.09 bits per heavy atom. The van der Waals surface area contributed by atoms with Gasteiger partial charge in [0.05, 0.1) is 25.2 Å². The van der Waals surface area contributed by atoms with Gasteiger partial charge in [0, 0.05) is 6.42 Å². The molecular formula is C22H25NO8S. The van der Waals surface area contributed by atoms with Crippen molar-refractivity contribution in [3.05, 3.63) is 40.0 Å². The Kier molecular flexibility index (Phi) is 9.33. The highest BCUT2D eigenvalue weighted by molar-refractivity contribution is 8.18. The summed E-state index contributed by atoms with van der Waals surface area (Å²) in [5.41, 5.74) is 0.469. The molecule has 0 saturated carbocycles. The summed E-state index contributed by atoms with van der Waals surface area (Å²) in [5, 5.41) is 10.7. The number of carbonyl (C=O) groups is 3. The second kappa shape index (κ2) is 11.9. The third kappa shape index (κ3) is 6.36. The molecule has 0 aliphatic carbocycles. The van der Waals surface area contributed by atoms with E-state index < -0.39 is 17.8 Å². The van der Waals surface area contributed by atoms with Crippen molar-refractivity contribution in [1.82, 2.24) is 0 Å². The van der Waals surface area contributed by atoms with E-state index in [2.05, 4.69) is 4.99 Å². The normalized spacial score (nSPS) is 15.8. The zero-order valence-electron chi connectivity index (χ0n) is 18.3. The van der Waals surface area contributed by atoms with Crippen molar-refractivity contribution in [2.45, 2.75) is 27.2 Å². The number of esters is 2. The molecule has 0 spiro atoms. The molecule has 0 unspecified atom stereocenters. The van der Waals surface area contributed by atoms with Crippen molar-refractivity contribution in [3.8, 4) is 11.5 Å². The lowest BCUT2D eigenvalue weighted by Crippen LogP contribution is -2.14. The van der Waals surface area contributed by atoms with Gasteiger partial charge in [-0.2, -0.15) is 0 Å². The van der Waals surface area contributed by atoms with E-state index in [-0.39, 0.29) is 42.6 Å². The SMILES string of the molecule is CCOC(=O)COc1ccc(/C=C2\SC(=NC(=O)CC)C(C(=O)OCC)=C2O)cc1OC. The molecule has 0 radical (unpaired) electrons. The van der Waals surface area contributed by atoms with Crippen LogP contribution in [0, 0.1) is 0 Å². The first kappa shape index (κ1) is 25.0. The number of nitrogens with zero attached hydrogens (tertiary/aromatic N) is 1. The number of benzene rings is 1. The second-order valence-corrected chi connectivity index (χ2v) is 7.25. The summed E-state index contributed by atoms with van der Waals surface area (Å²) in [6.45, 7) is 5.09. The molecule has 2 rings (SSSR count). The van der Waals surface area contributed by atoms with E-state index in [9.17, 15) is 19.5 Å². The minimum Gasteiger partial charge on any atom is -0.506 e. The number of aliphatic imine (C=N–C) groups is 1. The summed E-state index contributed by atoms with van der Waals surface area (Å²) in [7, 11) is 1.45. The van der Waals surface area contributed by atoms with E-state index in [1.807, 2.05) is 0 Å². The molecule has 0 bridgehead atoms. The molecule has 0 atom stereocenters. The first-order chi connectivity index (χ1) is 15.3. The lowest BCUT2D eigenvalue weighted by Gasteiger charge is -2.11. The van der Waals surface area contributed by atoms with Crippen LogP contribution >= 0.6 is 11.8 Å². The molecule has 1 aromatic carbocycles. The molecule has 1 aliphatic heterocycles. The molecule has 1 amide bonds. The number of methoxy groups -OCH3 is 1.